The molecule has 1 fully saturated rings. The van der Waals surface area contributed by atoms with Crippen LogP contribution >= 0.6 is 0 Å². The molecule has 5 nitrogen and oxygen atoms in total. The van der Waals surface area contributed by atoms with Crippen molar-refractivity contribution in [2.45, 2.75) is 78.6 Å². The Morgan fingerprint density at radius 2 is 1.57 bits per heavy atom. The lowest BCUT2D eigenvalue weighted by atomic mass is 9.97. The summed E-state index contributed by atoms with van der Waals surface area (Å²) in [5, 5.41) is 0. The van der Waals surface area contributed by atoms with Gasteiger partial charge >= 0.3 is 12.1 Å². The SMILES string of the molecule is CCC1CCN(C(=O)OC(C)(C)C)C1C(=O)OC(C)(C)C. The van der Waals surface area contributed by atoms with Crippen LogP contribution in [-0.4, -0.2) is 40.8 Å². The molecule has 0 N–H and O–H groups in total. The van der Waals surface area contributed by atoms with Gasteiger partial charge in [-0.1, -0.05) is 13.3 Å². The van der Waals surface area contributed by atoms with E-state index in [-0.39, 0.29) is 11.9 Å². The second-order valence-corrected chi connectivity index (χ2v) is 7.61. The number of carbonyl (C=O) groups is 2. The highest BCUT2D eigenvalue weighted by Crippen LogP contribution is 2.30. The lowest BCUT2D eigenvalue weighted by Gasteiger charge is -2.31. The summed E-state index contributed by atoms with van der Waals surface area (Å²) in [6, 6.07) is -0.538. The Hall–Kier alpha value is -1.26. The molecule has 1 aliphatic heterocycles. The maximum absolute atomic E-state index is 12.4. The predicted octanol–water partition coefficient (Wildman–Crippen LogP) is 3.36. The van der Waals surface area contributed by atoms with E-state index in [0.29, 0.717) is 6.54 Å². The number of nitrogens with zero attached hydrogens (tertiary/aromatic N) is 1. The summed E-state index contributed by atoms with van der Waals surface area (Å²) in [6.45, 7) is 13.5. The molecule has 0 spiro atoms. The number of rotatable bonds is 2. The molecule has 5 heteroatoms. The lowest BCUT2D eigenvalue weighted by molar-refractivity contribution is -0.161. The average Bonchev–Trinajstić information content (AvgIpc) is 2.67. The summed E-state index contributed by atoms with van der Waals surface area (Å²) in [4.78, 5) is 26.3. The Balaban J connectivity index is 2.88. The van der Waals surface area contributed by atoms with Gasteiger partial charge in [-0.3, -0.25) is 4.90 Å². The standard InChI is InChI=1S/C16H29NO4/c1-8-11-9-10-17(14(19)21-16(5,6)7)12(11)13(18)20-15(2,3)4/h11-12H,8-10H2,1-7H3. The first kappa shape index (κ1) is 17.8. The van der Waals surface area contributed by atoms with E-state index in [9.17, 15) is 9.59 Å². The van der Waals surface area contributed by atoms with Crippen molar-refractivity contribution in [3.8, 4) is 0 Å². The molecule has 1 heterocycles. The number of ether oxygens (including phenoxy) is 2. The van der Waals surface area contributed by atoms with Crippen LogP contribution in [0.3, 0.4) is 0 Å². The van der Waals surface area contributed by atoms with Crippen molar-refractivity contribution in [3.05, 3.63) is 0 Å². The molecule has 1 rings (SSSR count). The smallest absolute Gasteiger partial charge is 0.411 e. The third-order valence-electron chi connectivity index (χ3n) is 3.32. The maximum Gasteiger partial charge on any atom is 0.411 e. The van der Waals surface area contributed by atoms with Crippen molar-refractivity contribution in [3.63, 3.8) is 0 Å². The van der Waals surface area contributed by atoms with Gasteiger partial charge in [-0.2, -0.15) is 0 Å². The monoisotopic (exact) mass is 299 g/mol. The average molecular weight is 299 g/mol. The van der Waals surface area contributed by atoms with E-state index in [4.69, 9.17) is 9.47 Å². The van der Waals surface area contributed by atoms with E-state index >= 15 is 0 Å². The van der Waals surface area contributed by atoms with Gasteiger partial charge in [0.2, 0.25) is 0 Å². The molecule has 0 bridgehead atoms. The van der Waals surface area contributed by atoms with Gasteiger partial charge in [-0.25, -0.2) is 9.59 Å². The molecule has 2 atom stereocenters. The van der Waals surface area contributed by atoms with Crippen LogP contribution in [0.4, 0.5) is 4.79 Å². The van der Waals surface area contributed by atoms with Crippen LogP contribution in [0, 0.1) is 5.92 Å². The Morgan fingerprint density at radius 1 is 1.05 bits per heavy atom. The highest BCUT2D eigenvalue weighted by Gasteiger charge is 2.44. The molecule has 0 aromatic rings. The molecule has 0 aromatic carbocycles. The van der Waals surface area contributed by atoms with Crippen molar-refractivity contribution in [2.24, 2.45) is 5.92 Å². The number of carbonyl (C=O) groups excluding carboxylic acids is 2. The summed E-state index contributed by atoms with van der Waals surface area (Å²) in [6.07, 6.45) is 1.21. The summed E-state index contributed by atoms with van der Waals surface area (Å²) >= 11 is 0. The van der Waals surface area contributed by atoms with Crippen molar-refractivity contribution in [1.29, 1.82) is 0 Å². The molecule has 0 radical (unpaired) electrons. The highest BCUT2D eigenvalue weighted by atomic mass is 16.6. The minimum atomic E-state index is -0.570. The fourth-order valence-electron chi connectivity index (χ4n) is 2.49. The van der Waals surface area contributed by atoms with Crippen molar-refractivity contribution >= 4 is 12.1 Å². The van der Waals surface area contributed by atoms with Crippen molar-refractivity contribution in [1.82, 2.24) is 4.90 Å². The van der Waals surface area contributed by atoms with Crippen LogP contribution < -0.4 is 0 Å². The first-order chi connectivity index (χ1) is 9.44. The first-order valence-corrected chi connectivity index (χ1v) is 7.67. The van der Waals surface area contributed by atoms with E-state index < -0.39 is 23.3 Å². The molecule has 0 saturated carbocycles. The molecule has 21 heavy (non-hydrogen) atoms. The second-order valence-electron chi connectivity index (χ2n) is 7.61. The third kappa shape index (κ3) is 5.21. The summed E-state index contributed by atoms with van der Waals surface area (Å²) in [5.41, 5.74) is -1.13. The van der Waals surface area contributed by atoms with E-state index in [2.05, 4.69) is 0 Å². The molecule has 0 aromatic heterocycles. The number of hydrogen-bond donors (Lipinski definition) is 0. The molecule has 1 aliphatic rings. The van der Waals surface area contributed by atoms with Gasteiger partial charge in [0.25, 0.3) is 0 Å². The van der Waals surface area contributed by atoms with Crippen LogP contribution in [0.5, 0.6) is 0 Å². The quantitative estimate of drug-likeness (QED) is 0.734. The first-order valence-electron chi connectivity index (χ1n) is 7.67. The Labute approximate surface area is 128 Å². The normalized spacial score (nSPS) is 23.1. The number of esters is 1. The molecule has 0 aliphatic carbocycles. The number of hydrogen-bond acceptors (Lipinski definition) is 4. The molecular weight excluding hydrogens is 270 g/mol. The fourth-order valence-corrected chi connectivity index (χ4v) is 2.49. The van der Waals surface area contributed by atoms with Gasteiger partial charge in [0, 0.05) is 6.54 Å². The van der Waals surface area contributed by atoms with Crippen LogP contribution in [0.2, 0.25) is 0 Å². The topological polar surface area (TPSA) is 55.8 Å². The Morgan fingerprint density at radius 3 is 2.00 bits per heavy atom. The summed E-state index contributed by atoms with van der Waals surface area (Å²) in [7, 11) is 0. The van der Waals surface area contributed by atoms with E-state index in [1.807, 2.05) is 48.5 Å². The van der Waals surface area contributed by atoms with Gasteiger partial charge in [0.15, 0.2) is 0 Å². The summed E-state index contributed by atoms with van der Waals surface area (Å²) in [5.74, 6) is -0.204. The zero-order valence-electron chi connectivity index (χ0n) is 14.4. The Bertz CT molecular complexity index is 392. The van der Waals surface area contributed by atoms with E-state index in [1.54, 1.807) is 0 Å². The molecule has 122 valence electrons. The molecular formula is C16H29NO4. The number of likely N-dealkylation sites (tertiary alicyclic amines) is 1. The van der Waals surface area contributed by atoms with Crippen molar-refractivity contribution in [2.75, 3.05) is 6.54 Å². The van der Waals surface area contributed by atoms with E-state index in [1.165, 1.54) is 4.90 Å². The van der Waals surface area contributed by atoms with Crippen LogP contribution in [0.25, 0.3) is 0 Å². The van der Waals surface area contributed by atoms with Gasteiger partial charge in [-0.05, 0) is 53.9 Å². The lowest BCUT2D eigenvalue weighted by Crippen LogP contribution is -2.47. The van der Waals surface area contributed by atoms with Crippen LogP contribution in [-0.2, 0) is 14.3 Å². The largest absolute Gasteiger partial charge is 0.458 e. The second kappa shape index (κ2) is 6.24. The van der Waals surface area contributed by atoms with Gasteiger partial charge in [0.05, 0.1) is 0 Å². The van der Waals surface area contributed by atoms with Gasteiger partial charge in [-0.15, -0.1) is 0 Å². The maximum atomic E-state index is 12.4. The zero-order valence-corrected chi connectivity index (χ0v) is 14.4. The van der Waals surface area contributed by atoms with E-state index in [0.717, 1.165) is 12.8 Å². The van der Waals surface area contributed by atoms with Gasteiger partial charge in [0.1, 0.15) is 17.2 Å². The van der Waals surface area contributed by atoms with Crippen LogP contribution in [0.15, 0.2) is 0 Å². The Kier molecular flexibility index (Phi) is 5.29. The minimum absolute atomic E-state index is 0.132. The van der Waals surface area contributed by atoms with Crippen molar-refractivity contribution < 1.29 is 19.1 Å². The molecule has 2 unspecified atom stereocenters. The minimum Gasteiger partial charge on any atom is -0.458 e. The van der Waals surface area contributed by atoms with Crippen LogP contribution in [0.1, 0.15) is 61.3 Å². The predicted molar refractivity (Wildman–Crippen MR) is 81.0 cm³/mol. The highest BCUT2D eigenvalue weighted by molar-refractivity contribution is 5.83. The fraction of sp³-hybridized carbons (Fsp3) is 0.875. The summed E-state index contributed by atoms with van der Waals surface area (Å²) < 4.78 is 10.9. The third-order valence-corrected chi connectivity index (χ3v) is 3.32. The number of amides is 1. The molecule has 1 amide bonds. The zero-order chi connectivity index (χ0) is 16.4. The molecule has 1 saturated heterocycles. The van der Waals surface area contributed by atoms with Gasteiger partial charge < -0.3 is 9.47 Å².